The van der Waals surface area contributed by atoms with Crippen molar-refractivity contribution in [3.05, 3.63) is 0 Å². The molecule has 0 bridgehead atoms. The van der Waals surface area contributed by atoms with Gasteiger partial charge >= 0.3 is 0 Å². The van der Waals surface area contributed by atoms with Crippen molar-refractivity contribution in [3.63, 3.8) is 0 Å². The number of hydrogen-bond acceptors (Lipinski definition) is 3. The first-order chi connectivity index (χ1) is 3.29. The van der Waals surface area contributed by atoms with Crippen LogP contribution in [0, 0.1) is 5.41 Å². The monoisotopic (exact) mass is 152 g/mol. The van der Waals surface area contributed by atoms with Gasteiger partial charge in [-0.05, 0) is 0 Å². The topological polar surface area (TPSA) is 53.0 Å². The lowest BCUT2D eigenvalue weighted by Crippen LogP contribution is -2.18. The lowest BCUT2D eigenvalue weighted by Gasteiger charge is -1.82. The molecule has 0 atom stereocenters. The zero-order valence-corrected chi connectivity index (χ0v) is 5.56. The molecule has 8 heavy (non-hydrogen) atoms. The molecule has 0 aliphatic carbocycles. The zero-order chi connectivity index (χ0) is 5.28. The number of thioether (sulfide) groups is 1. The molecule has 1 saturated heterocycles. The maximum atomic E-state index is 10.2. The van der Waals surface area contributed by atoms with E-state index in [0.29, 0.717) is 5.75 Å². The first-order valence-corrected chi connectivity index (χ1v) is 2.79. The molecule has 1 rings (SSSR count). The normalized spacial score (nSPS) is 17.5. The fraction of sp³-hybridized carbons (Fsp3) is 0.333. The first kappa shape index (κ1) is 7.78. The van der Waals surface area contributed by atoms with Gasteiger partial charge in [0.1, 0.15) is 0 Å². The summed E-state index contributed by atoms with van der Waals surface area (Å²) in [5.41, 5.74) is 0. The van der Waals surface area contributed by atoms with E-state index in [0.717, 1.165) is 0 Å². The first-order valence-electron chi connectivity index (χ1n) is 1.80. The van der Waals surface area contributed by atoms with Gasteiger partial charge in [0, 0.05) is 0 Å². The van der Waals surface area contributed by atoms with Crippen LogP contribution in [-0.2, 0) is 4.79 Å². The Kier molecular flexibility index (Phi) is 2.86. The smallest absolute Gasteiger partial charge is 0.236 e. The second-order valence-corrected chi connectivity index (χ2v) is 2.15. The Balaban J connectivity index is 0.000000490. The molecule has 5 heteroatoms. The fourth-order valence-corrected chi connectivity index (χ4v) is 0.870. The quantitative estimate of drug-likeness (QED) is 0.521. The molecule has 1 fully saturated rings. The Morgan fingerprint density at radius 1 is 1.75 bits per heavy atom. The van der Waals surface area contributed by atoms with E-state index in [1.54, 1.807) is 0 Å². The van der Waals surface area contributed by atoms with Crippen molar-refractivity contribution in [2.24, 2.45) is 0 Å². The number of halogens is 1. The van der Waals surface area contributed by atoms with E-state index < -0.39 is 0 Å². The van der Waals surface area contributed by atoms with Crippen LogP contribution < -0.4 is 5.32 Å². The molecule has 1 aliphatic rings. The van der Waals surface area contributed by atoms with Crippen molar-refractivity contribution in [2.45, 2.75) is 0 Å². The lowest BCUT2D eigenvalue weighted by atomic mass is 10.7. The molecule has 0 saturated carbocycles. The summed E-state index contributed by atoms with van der Waals surface area (Å²) in [7, 11) is 0. The van der Waals surface area contributed by atoms with E-state index in [2.05, 4.69) is 5.32 Å². The molecule has 3 nitrogen and oxygen atoms in total. The van der Waals surface area contributed by atoms with E-state index >= 15 is 0 Å². The van der Waals surface area contributed by atoms with Gasteiger partial charge in [0.2, 0.25) is 5.91 Å². The molecule has 1 aliphatic heterocycles. The van der Waals surface area contributed by atoms with Crippen molar-refractivity contribution < 1.29 is 4.79 Å². The standard InChI is InChI=1S/C3H4N2OS.ClH/c4-3-5-2(6)1-7-3;/h1H2,(H2,4,5,6);1H. The van der Waals surface area contributed by atoms with Crippen LogP contribution in [0.25, 0.3) is 0 Å². The van der Waals surface area contributed by atoms with Gasteiger partial charge in [-0.3, -0.25) is 10.2 Å². The molecular weight excluding hydrogens is 148 g/mol. The van der Waals surface area contributed by atoms with Crippen molar-refractivity contribution >= 4 is 35.2 Å². The predicted octanol–water partition coefficient (Wildman–Crippen LogP) is 0.206. The zero-order valence-electron chi connectivity index (χ0n) is 3.93. The molecule has 0 aromatic heterocycles. The van der Waals surface area contributed by atoms with Crippen LogP contribution in [0.15, 0.2) is 0 Å². The predicted molar refractivity (Wildman–Crippen MR) is 35.6 cm³/mol. The molecular formula is C3H5ClN2OS. The Morgan fingerprint density at radius 3 is 2.50 bits per heavy atom. The average Bonchev–Trinajstić information content (AvgIpc) is 1.87. The summed E-state index contributed by atoms with van der Waals surface area (Å²) in [6, 6.07) is 0. The van der Waals surface area contributed by atoms with Crippen LogP contribution in [0.1, 0.15) is 0 Å². The summed E-state index contributed by atoms with van der Waals surface area (Å²) in [4.78, 5) is 10.2. The van der Waals surface area contributed by atoms with Crippen LogP contribution in [0.5, 0.6) is 0 Å². The van der Waals surface area contributed by atoms with Gasteiger partial charge in [-0.1, -0.05) is 11.8 Å². The molecule has 0 radical (unpaired) electrons. The molecule has 1 amide bonds. The van der Waals surface area contributed by atoms with E-state index in [1.165, 1.54) is 11.8 Å². The van der Waals surface area contributed by atoms with Gasteiger partial charge < -0.3 is 5.32 Å². The molecule has 0 spiro atoms. The third-order valence-corrected chi connectivity index (χ3v) is 1.40. The van der Waals surface area contributed by atoms with Crippen LogP contribution in [0.2, 0.25) is 0 Å². The van der Waals surface area contributed by atoms with Gasteiger partial charge in [0.25, 0.3) is 0 Å². The van der Waals surface area contributed by atoms with Gasteiger partial charge in [0.15, 0.2) is 5.17 Å². The van der Waals surface area contributed by atoms with E-state index in [4.69, 9.17) is 5.41 Å². The molecule has 2 N–H and O–H groups in total. The average molecular weight is 153 g/mol. The molecule has 0 unspecified atom stereocenters. The second kappa shape index (κ2) is 2.94. The molecule has 0 aromatic carbocycles. The maximum absolute atomic E-state index is 10.2. The largest absolute Gasteiger partial charge is 0.305 e. The van der Waals surface area contributed by atoms with E-state index in [9.17, 15) is 4.79 Å². The number of carbonyl (C=O) groups is 1. The van der Waals surface area contributed by atoms with Crippen molar-refractivity contribution in [2.75, 3.05) is 5.75 Å². The molecule has 1 heterocycles. The third-order valence-electron chi connectivity index (χ3n) is 0.601. The Hall–Kier alpha value is -0.220. The van der Waals surface area contributed by atoms with Gasteiger partial charge in [0.05, 0.1) is 5.75 Å². The highest BCUT2D eigenvalue weighted by Gasteiger charge is 2.13. The fourth-order valence-electron chi connectivity index (χ4n) is 0.337. The van der Waals surface area contributed by atoms with Crippen molar-refractivity contribution in [3.8, 4) is 0 Å². The van der Waals surface area contributed by atoms with Crippen molar-refractivity contribution in [1.29, 1.82) is 5.41 Å². The maximum Gasteiger partial charge on any atom is 0.236 e. The Morgan fingerprint density at radius 2 is 2.38 bits per heavy atom. The number of rotatable bonds is 0. The number of amides is 1. The van der Waals surface area contributed by atoms with Crippen LogP contribution in [-0.4, -0.2) is 16.8 Å². The highest BCUT2D eigenvalue weighted by atomic mass is 35.5. The SMILES string of the molecule is Cl.N=C1NC(=O)CS1. The number of hydrogen-bond donors (Lipinski definition) is 2. The van der Waals surface area contributed by atoms with Crippen molar-refractivity contribution in [1.82, 2.24) is 5.32 Å². The van der Waals surface area contributed by atoms with Gasteiger partial charge in [-0.25, -0.2) is 0 Å². The summed E-state index contributed by atoms with van der Waals surface area (Å²) in [6.45, 7) is 0. The molecule has 46 valence electrons. The highest BCUT2D eigenvalue weighted by molar-refractivity contribution is 8.14. The summed E-state index contributed by atoms with van der Waals surface area (Å²) >= 11 is 1.23. The molecule has 0 aromatic rings. The summed E-state index contributed by atoms with van der Waals surface area (Å²) in [5, 5.41) is 9.40. The second-order valence-electron chi connectivity index (χ2n) is 1.17. The highest BCUT2D eigenvalue weighted by Crippen LogP contribution is 2.04. The van der Waals surface area contributed by atoms with Gasteiger partial charge in [-0.2, -0.15) is 0 Å². The minimum Gasteiger partial charge on any atom is -0.305 e. The minimum absolute atomic E-state index is 0. The van der Waals surface area contributed by atoms with Gasteiger partial charge in [-0.15, -0.1) is 12.4 Å². The number of nitrogens with one attached hydrogen (secondary N) is 2. The van der Waals surface area contributed by atoms with Crippen LogP contribution >= 0.6 is 24.2 Å². The lowest BCUT2D eigenvalue weighted by molar-refractivity contribution is -0.116. The van der Waals surface area contributed by atoms with E-state index in [1.807, 2.05) is 0 Å². The Bertz CT molecular complexity index is 112. The summed E-state index contributed by atoms with van der Waals surface area (Å²) < 4.78 is 0. The number of carbonyl (C=O) groups excluding carboxylic acids is 1. The van der Waals surface area contributed by atoms with E-state index in [-0.39, 0.29) is 23.5 Å². The van der Waals surface area contributed by atoms with Crippen LogP contribution in [0.3, 0.4) is 0 Å². The third kappa shape index (κ3) is 1.71. The summed E-state index contributed by atoms with van der Waals surface area (Å²) in [5.74, 6) is 0.355. The number of amidine groups is 1. The van der Waals surface area contributed by atoms with Crippen LogP contribution in [0.4, 0.5) is 0 Å². The summed E-state index contributed by atoms with van der Waals surface area (Å²) in [6.07, 6.45) is 0. The Labute approximate surface area is 57.1 Å². The minimum atomic E-state index is -0.0602.